The van der Waals surface area contributed by atoms with Crippen LogP contribution in [0.1, 0.15) is 37.7 Å². The van der Waals surface area contributed by atoms with Crippen molar-refractivity contribution in [1.82, 2.24) is 5.43 Å². The highest BCUT2D eigenvalue weighted by Crippen LogP contribution is 2.23. The minimum Gasteiger partial charge on any atom is -0.489 e. The Hall–Kier alpha value is -2.10. The number of ether oxygens (including phenoxy) is 1. The van der Waals surface area contributed by atoms with Crippen LogP contribution in [0, 0.1) is 5.92 Å². The number of nitrogens with zero attached hydrogens (tertiary/aromatic N) is 1. The third-order valence-electron chi connectivity index (χ3n) is 3.63. The molecule has 0 bridgehead atoms. The van der Waals surface area contributed by atoms with E-state index in [1.54, 1.807) is 12.3 Å². The van der Waals surface area contributed by atoms with Crippen LogP contribution in [-0.4, -0.2) is 18.7 Å². The number of nitrogens with one attached hydrogen (secondary N) is 1. The molecule has 1 fully saturated rings. The van der Waals surface area contributed by atoms with E-state index in [1.165, 1.54) is 6.42 Å². The molecular formula is C17H22N2O2. The van der Waals surface area contributed by atoms with Gasteiger partial charge in [0.25, 0.3) is 0 Å². The van der Waals surface area contributed by atoms with Crippen molar-refractivity contribution in [3.05, 3.63) is 42.5 Å². The molecule has 21 heavy (non-hydrogen) atoms. The first kappa shape index (κ1) is 15.3. The Labute approximate surface area is 125 Å². The Bertz CT molecular complexity index is 505. The molecule has 1 aromatic carbocycles. The van der Waals surface area contributed by atoms with Crippen molar-refractivity contribution in [2.45, 2.75) is 32.1 Å². The SMILES string of the molecule is C=CCOc1ccccc1C=NNC(=O)C1CCCCC1. The number of rotatable bonds is 6. The van der Waals surface area contributed by atoms with Crippen molar-refractivity contribution in [2.75, 3.05) is 6.61 Å². The van der Waals surface area contributed by atoms with E-state index in [1.807, 2.05) is 24.3 Å². The fraction of sp³-hybridized carbons (Fsp3) is 0.412. The summed E-state index contributed by atoms with van der Waals surface area (Å²) in [6.07, 6.45) is 8.78. The second-order valence-electron chi connectivity index (χ2n) is 5.21. The second kappa shape index (κ2) is 8.25. The maximum absolute atomic E-state index is 12.0. The van der Waals surface area contributed by atoms with Gasteiger partial charge in [-0.1, -0.05) is 44.1 Å². The van der Waals surface area contributed by atoms with Crippen LogP contribution in [0.2, 0.25) is 0 Å². The summed E-state index contributed by atoms with van der Waals surface area (Å²) < 4.78 is 5.54. The molecular weight excluding hydrogens is 264 g/mol. The van der Waals surface area contributed by atoms with Crippen molar-refractivity contribution in [1.29, 1.82) is 0 Å². The average molecular weight is 286 g/mol. The van der Waals surface area contributed by atoms with Crippen LogP contribution in [0.5, 0.6) is 5.75 Å². The van der Waals surface area contributed by atoms with Gasteiger partial charge in [0, 0.05) is 11.5 Å². The summed E-state index contributed by atoms with van der Waals surface area (Å²) in [6.45, 7) is 4.07. The van der Waals surface area contributed by atoms with E-state index >= 15 is 0 Å². The van der Waals surface area contributed by atoms with E-state index in [9.17, 15) is 4.79 Å². The van der Waals surface area contributed by atoms with E-state index in [0.717, 1.165) is 37.0 Å². The Balaban J connectivity index is 1.91. The molecule has 0 atom stereocenters. The zero-order valence-corrected chi connectivity index (χ0v) is 12.3. The molecule has 0 aliphatic heterocycles. The fourth-order valence-corrected chi connectivity index (χ4v) is 2.49. The fourth-order valence-electron chi connectivity index (χ4n) is 2.49. The van der Waals surface area contributed by atoms with Gasteiger partial charge in [-0.25, -0.2) is 5.43 Å². The van der Waals surface area contributed by atoms with Crippen molar-refractivity contribution in [3.63, 3.8) is 0 Å². The highest BCUT2D eigenvalue weighted by atomic mass is 16.5. The van der Waals surface area contributed by atoms with Crippen LogP contribution >= 0.6 is 0 Å². The minimum atomic E-state index is 0.0236. The first-order valence-corrected chi connectivity index (χ1v) is 7.47. The highest BCUT2D eigenvalue weighted by Gasteiger charge is 2.20. The smallest absolute Gasteiger partial charge is 0.243 e. The molecule has 4 nitrogen and oxygen atoms in total. The van der Waals surface area contributed by atoms with E-state index in [0.29, 0.717) is 6.61 Å². The molecule has 0 aromatic heterocycles. The molecule has 0 saturated heterocycles. The average Bonchev–Trinajstić information content (AvgIpc) is 2.54. The molecule has 4 heteroatoms. The lowest BCUT2D eigenvalue weighted by Gasteiger charge is -2.19. The van der Waals surface area contributed by atoms with Gasteiger partial charge in [-0.15, -0.1) is 0 Å². The lowest BCUT2D eigenvalue weighted by Crippen LogP contribution is -2.28. The van der Waals surface area contributed by atoms with E-state index in [2.05, 4.69) is 17.1 Å². The predicted molar refractivity (Wildman–Crippen MR) is 84.4 cm³/mol. The predicted octanol–water partition coefficient (Wildman–Crippen LogP) is 3.28. The molecule has 2 rings (SSSR count). The van der Waals surface area contributed by atoms with Crippen LogP contribution in [0.25, 0.3) is 0 Å². The van der Waals surface area contributed by atoms with Gasteiger partial charge in [-0.05, 0) is 25.0 Å². The molecule has 0 spiro atoms. The van der Waals surface area contributed by atoms with Crippen molar-refractivity contribution in [2.24, 2.45) is 11.0 Å². The molecule has 0 radical (unpaired) electrons. The summed E-state index contributed by atoms with van der Waals surface area (Å²) in [5.74, 6) is 0.867. The van der Waals surface area contributed by atoms with Gasteiger partial charge in [0.05, 0.1) is 6.21 Å². The summed E-state index contributed by atoms with van der Waals surface area (Å²) in [7, 11) is 0. The van der Waals surface area contributed by atoms with Crippen LogP contribution < -0.4 is 10.2 Å². The maximum atomic E-state index is 12.0. The van der Waals surface area contributed by atoms with Crippen molar-refractivity contribution in [3.8, 4) is 5.75 Å². The second-order valence-corrected chi connectivity index (χ2v) is 5.21. The van der Waals surface area contributed by atoms with Gasteiger partial charge in [0.2, 0.25) is 5.91 Å². The molecule has 0 unspecified atom stereocenters. The molecule has 1 N–H and O–H groups in total. The Morgan fingerprint density at radius 2 is 2.10 bits per heavy atom. The number of carbonyl (C=O) groups excluding carboxylic acids is 1. The summed E-state index contributed by atoms with van der Waals surface area (Å²) in [5, 5.41) is 4.06. The van der Waals surface area contributed by atoms with Crippen LogP contribution in [0.15, 0.2) is 42.0 Å². The molecule has 112 valence electrons. The summed E-state index contributed by atoms with van der Waals surface area (Å²) >= 11 is 0. The maximum Gasteiger partial charge on any atom is 0.243 e. The largest absolute Gasteiger partial charge is 0.489 e. The minimum absolute atomic E-state index is 0.0236. The third kappa shape index (κ3) is 4.74. The van der Waals surface area contributed by atoms with Crippen LogP contribution in [-0.2, 0) is 4.79 Å². The number of benzene rings is 1. The Kier molecular flexibility index (Phi) is 6.00. The number of hydrazone groups is 1. The van der Waals surface area contributed by atoms with Gasteiger partial charge in [0.1, 0.15) is 12.4 Å². The summed E-state index contributed by atoms with van der Waals surface area (Å²) in [4.78, 5) is 12.0. The highest BCUT2D eigenvalue weighted by molar-refractivity contribution is 5.85. The Morgan fingerprint density at radius 1 is 1.33 bits per heavy atom. The monoisotopic (exact) mass is 286 g/mol. The number of hydrogen-bond donors (Lipinski definition) is 1. The van der Waals surface area contributed by atoms with Gasteiger partial charge in [0.15, 0.2) is 0 Å². The molecule has 1 aromatic rings. The summed E-state index contributed by atoms with van der Waals surface area (Å²) in [5.41, 5.74) is 3.48. The first-order valence-electron chi connectivity index (χ1n) is 7.47. The van der Waals surface area contributed by atoms with Gasteiger partial charge in [-0.3, -0.25) is 4.79 Å². The molecule has 1 amide bonds. The molecule has 1 aliphatic carbocycles. The lowest BCUT2D eigenvalue weighted by molar-refractivity contribution is -0.125. The van der Waals surface area contributed by atoms with E-state index < -0.39 is 0 Å². The van der Waals surface area contributed by atoms with Gasteiger partial charge >= 0.3 is 0 Å². The Morgan fingerprint density at radius 3 is 2.86 bits per heavy atom. The summed E-state index contributed by atoms with van der Waals surface area (Å²) in [6, 6.07) is 7.57. The van der Waals surface area contributed by atoms with E-state index in [4.69, 9.17) is 4.74 Å². The van der Waals surface area contributed by atoms with Gasteiger partial charge in [-0.2, -0.15) is 5.10 Å². The van der Waals surface area contributed by atoms with E-state index in [-0.39, 0.29) is 11.8 Å². The number of hydrogen-bond acceptors (Lipinski definition) is 3. The molecule has 1 aliphatic rings. The zero-order chi connectivity index (χ0) is 14.9. The number of carbonyl (C=O) groups is 1. The first-order chi connectivity index (χ1) is 10.3. The van der Waals surface area contributed by atoms with Gasteiger partial charge < -0.3 is 4.74 Å². The molecule has 1 saturated carbocycles. The zero-order valence-electron chi connectivity index (χ0n) is 12.3. The topological polar surface area (TPSA) is 50.7 Å². The number of amides is 1. The van der Waals surface area contributed by atoms with Crippen LogP contribution in [0.3, 0.4) is 0 Å². The third-order valence-corrected chi connectivity index (χ3v) is 3.63. The standard InChI is InChI=1S/C17H22N2O2/c1-2-12-21-16-11-7-6-10-15(16)13-18-19-17(20)14-8-4-3-5-9-14/h2,6-7,10-11,13-14H,1,3-5,8-9,12H2,(H,19,20). The normalized spacial score (nSPS) is 15.8. The van der Waals surface area contributed by atoms with Crippen molar-refractivity contribution >= 4 is 12.1 Å². The van der Waals surface area contributed by atoms with Crippen molar-refractivity contribution < 1.29 is 9.53 Å². The van der Waals surface area contributed by atoms with Crippen LogP contribution in [0.4, 0.5) is 0 Å². The lowest BCUT2D eigenvalue weighted by atomic mass is 9.89. The quantitative estimate of drug-likeness (QED) is 0.495. The molecule has 0 heterocycles. The number of para-hydroxylation sites is 1.